The Kier molecular flexibility index (Phi) is 4.05. The fourth-order valence-electron chi connectivity index (χ4n) is 2.88. The summed E-state index contributed by atoms with van der Waals surface area (Å²) in [6.07, 6.45) is 8.34. The highest BCUT2D eigenvalue weighted by Gasteiger charge is 2.43. The lowest BCUT2D eigenvalue weighted by Gasteiger charge is -2.38. The molecule has 2 heteroatoms. The minimum Gasteiger partial charge on any atom is -0.366 e. The van der Waals surface area contributed by atoms with Gasteiger partial charge in [-0.3, -0.25) is 0 Å². The summed E-state index contributed by atoms with van der Waals surface area (Å²) in [5, 5.41) is 0. The zero-order valence-electron chi connectivity index (χ0n) is 11.3. The number of rotatable bonds is 3. The van der Waals surface area contributed by atoms with Crippen molar-refractivity contribution in [1.82, 2.24) is 4.90 Å². The van der Waals surface area contributed by atoms with Gasteiger partial charge in [0.15, 0.2) is 0 Å². The summed E-state index contributed by atoms with van der Waals surface area (Å²) >= 11 is 0. The highest BCUT2D eigenvalue weighted by molar-refractivity contribution is 5.41. The summed E-state index contributed by atoms with van der Waals surface area (Å²) < 4.78 is 6.09. The average Bonchev–Trinajstić information content (AvgIpc) is 2.63. The lowest BCUT2D eigenvalue weighted by Crippen LogP contribution is -2.43. The van der Waals surface area contributed by atoms with E-state index in [9.17, 15) is 0 Å². The first kappa shape index (κ1) is 12.8. The highest BCUT2D eigenvalue weighted by atomic mass is 16.5. The Morgan fingerprint density at radius 3 is 2.76 bits per heavy atom. The zero-order valence-corrected chi connectivity index (χ0v) is 11.3. The second-order valence-corrected chi connectivity index (χ2v) is 5.45. The average molecular weight is 235 g/mol. The van der Waals surface area contributed by atoms with Crippen LogP contribution in [0.3, 0.4) is 0 Å². The molecule has 17 heavy (non-hydrogen) atoms. The number of hydrogen-bond donors (Lipinski definition) is 0. The molecular weight excluding hydrogens is 210 g/mol. The van der Waals surface area contributed by atoms with Crippen LogP contribution in [0.15, 0.2) is 23.8 Å². The van der Waals surface area contributed by atoms with Crippen LogP contribution in [0, 0.1) is 0 Å². The first-order valence-corrected chi connectivity index (χ1v) is 6.89. The van der Waals surface area contributed by atoms with Gasteiger partial charge in [0.2, 0.25) is 0 Å². The van der Waals surface area contributed by atoms with Crippen LogP contribution >= 0.6 is 0 Å². The van der Waals surface area contributed by atoms with Crippen molar-refractivity contribution in [3.63, 3.8) is 0 Å². The lowest BCUT2D eigenvalue weighted by molar-refractivity contribution is -0.0183. The fourth-order valence-corrected chi connectivity index (χ4v) is 2.88. The quantitative estimate of drug-likeness (QED) is 0.697. The zero-order chi connectivity index (χ0) is 12.3. The van der Waals surface area contributed by atoms with E-state index >= 15 is 0 Å². The van der Waals surface area contributed by atoms with E-state index in [2.05, 4.69) is 31.5 Å². The van der Waals surface area contributed by atoms with Gasteiger partial charge in [-0.2, -0.15) is 0 Å². The van der Waals surface area contributed by atoms with Crippen LogP contribution in [0.25, 0.3) is 0 Å². The van der Waals surface area contributed by atoms with E-state index in [0.29, 0.717) is 0 Å². The third-order valence-electron chi connectivity index (χ3n) is 4.10. The van der Waals surface area contributed by atoms with Crippen LogP contribution in [-0.4, -0.2) is 37.2 Å². The van der Waals surface area contributed by atoms with E-state index in [1.807, 2.05) is 0 Å². The van der Waals surface area contributed by atoms with Gasteiger partial charge in [0.25, 0.3) is 0 Å². The van der Waals surface area contributed by atoms with Crippen molar-refractivity contribution in [1.29, 1.82) is 0 Å². The summed E-state index contributed by atoms with van der Waals surface area (Å²) in [4.78, 5) is 2.39. The molecule has 2 fully saturated rings. The van der Waals surface area contributed by atoms with Gasteiger partial charge in [0.05, 0.1) is 12.2 Å². The van der Waals surface area contributed by atoms with E-state index in [4.69, 9.17) is 4.74 Å². The molecule has 0 aromatic heterocycles. The Morgan fingerprint density at radius 2 is 2.12 bits per heavy atom. The van der Waals surface area contributed by atoms with Crippen molar-refractivity contribution in [2.75, 3.05) is 26.7 Å². The summed E-state index contributed by atoms with van der Waals surface area (Å²) in [6.45, 7) is 9.43. The van der Waals surface area contributed by atoms with E-state index in [1.165, 1.54) is 30.4 Å². The summed E-state index contributed by atoms with van der Waals surface area (Å²) in [5.41, 5.74) is 2.64. The smallest absolute Gasteiger partial charge is 0.0960 e. The Bertz CT molecular complexity index is 311. The van der Waals surface area contributed by atoms with E-state index < -0.39 is 0 Å². The van der Waals surface area contributed by atoms with Crippen molar-refractivity contribution in [2.45, 2.75) is 44.6 Å². The maximum atomic E-state index is 6.09. The van der Waals surface area contributed by atoms with Gasteiger partial charge < -0.3 is 9.64 Å². The molecule has 0 unspecified atom stereocenters. The van der Waals surface area contributed by atoms with Gasteiger partial charge in [-0.1, -0.05) is 32.4 Å². The molecule has 0 bridgehead atoms. The molecule has 2 saturated heterocycles. The van der Waals surface area contributed by atoms with Crippen molar-refractivity contribution in [2.24, 2.45) is 0 Å². The summed E-state index contributed by atoms with van der Waals surface area (Å²) in [7, 11) is 2.19. The Balaban J connectivity index is 2.10. The Morgan fingerprint density at radius 1 is 1.41 bits per heavy atom. The SMILES string of the molecule is C=C1COC2(CCN(C)CC2)C1=CCCCC. The Hall–Kier alpha value is -0.600. The van der Waals surface area contributed by atoms with Crippen LogP contribution in [0.2, 0.25) is 0 Å². The molecule has 0 amide bonds. The van der Waals surface area contributed by atoms with E-state index in [1.54, 1.807) is 0 Å². The third-order valence-corrected chi connectivity index (χ3v) is 4.10. The van der Waals surface area contributed by atoms with Crippen molar-refractivity contribution in [3.8, 4) is 0 Å². The molecule has 96 valence electrons. The number of ether oxygens (including phenoxy) is 1. The normalized spacial score (nSPS) is 27.2. The van der Waals surface area contributed by atoms with Crippen molar-refractivity contribution >= 4 is 0 Å². The predicted molar refractivity (Wildman–Crippen MR) is 72.2 cm³/mol. The van der Waals surface area contributed by atoms with Crippen LogP contribution in [-0.2, 0) is 4.74 Å². The van der Waals surface area contributed by atoms with Crippen molar-refractivity contribution in [3.05, 3.63) is 23.8 Å². The molecule has 0 aromatic rings. The maximum Gasteiger partial charge on any atom is 0.0960 e. The molecule has 2 nitrogen and oxygen atoms in total. The second-order valence-electron chi connectivity index (χ2n) is 5.45. The van der Waals surface area contributed by atoms with E-state index in [-0.39, 0.29) is 5.60 Å². The van der Waals surface area contributed by atoms with Crippen LogP contribution < -0.4 is 0 Å². The van der Waals surface area contributed by atoms with Gasteiger partial charge in [0.1, 0.15) is 0 Å². The molecule has 0 aliphatic carbocycles. The molecule has 0 N–H and O–H groups in total. The largest absolute Gasteiger partial charge is 0.366 e. The van der Waals surface area contributed by atoms with Crippen LogP contribution in [0.4, 0.5) is 0 Å². The summed E-state index contributed by atoms with van der Waals surface area (Å²) in [5.74, 6) is 0. The number of nitrogens with zero attached hydrogens (tertiary/aromatic N) is 1. The van der Waals surface area contributed by atoms with Gasteiger partial charge in [0, 0.05) is 13.1 Å². The number of piperidine rings is 1. The summed E-state index contributed by atoms with van der Waals surface area (Å²) in [6, 6.07) is 0. The van der Waals surface area contributed by atoms with Gasteiger partial charge in [-0.25, -0.2) is 0 Å². The first-order chi connectivity index (χ1) is 8.18. The van der Waals surface area contributed by atoms with Gasteiger partial charge >= 0.3 is 0 Å². The third kappa shape index (κ3) is 2.63. The molecule has 1 spiro atoms. The molecule has 0 aromatic carbocycles. The van der Waals surface area contributed by atoms with E-state index in [0.717, 1.165) is 32.5 Å². The fraction of sp³-hybridized carbons (Fsp3) is 0.733. The van der Waals surface area contributed by atoms with Crippen LogP contribution in [0.5, 0.6) is 0 Å². The number of unbranched alkanes of at least 4 members (excludes halogenated alkanes) is 2. The monoisotopic (exact) mass is 235 g/mol. The standard InChI is InChI=1S/C15H25NO/c1-4-5-6-7-14-13(2)12-17-15(14)8-10-16(3)11-9-15/h7H,2,4-6,8-12H2,1,3H3. The second kappa shape index (κ2) is 5.36. The molecule has 2 heterocycles. The number of hydrogen-bond acceptors (Lipinski definition) is 2. The first-order valence-electron chi connectivity index (χ1n) is 6.89. The minimum absolute atomic E-state index is 0.0112. The minimum atomic E-state index is 0.0112. The molecule has 2 aliphatic heterocycles. The van der Waals surface area contributed by atoms with Crippen LogP contribution in [0.1, 0.15) is 39.0 Å². The molecule has 0 radical (unpaired) electrons. The Labute approximate surface area is 105 Å². The molecule has 2 rings (SSSR count). The van der Waals surface area contributed by atoms with Gasteiger partial charge in [-0.15, -0.1) is 0 Å². The molecule has 2 aliphatic rings. The maximum absolute atomic E-state index is 6.09. The number of allylic oxidation sites excluding steroid dienone is 1. The predicted octanol–water partition coefficient (Wildman–Crippen LogP) is 3.15. The molecule has 0 saturated carbocycles. The van der Waals surface area contributed by atoms with Crippen molar-refractivity contribution < 1.29 is 4.74 Å². The molecule has 0 atom stereocenters. The highest BCUT2D eigenvalue weighted by Crippen LogP contribution is 2.42. The molecular formula is C15H25NO. The van der Waals surface area contributed by atoms with Gasteiger partial charge in [-0.05, 0) is 37.5 Å². The lowest BCUT2D eigenvalue weighted by atomic mass is 9.82. The number of likely N-dealkylation sites (tertiary alicyclic amines) is 1. The topological polar surface area (TPSA) is 12.5 Å².